The van der Waals surface area contributed by atoms with Gasteiger partial charge in [-0.2, -0.15) is 0 Å². The van der Waals surface area contributed by atoms with E-state index in [0.29, 0.717) is 17.0 Å². The third-order valence-corrected chi connectivity index (χ3v) is 2.52. The first-order valence-electron chi connectivity index (χ1n) is 6.68. The summed E-state index contributed by atoms with van der Waals surface area (Å²) >= 11 is 0. The third-order valence-electron chi connectivity index (χ3n) is 2.52. The number of rotatable bonds is 5. The quantitative estimate of drug-likeness (QED) is 0.814. The molecule has 0 aliphatic carbocycles. The fourth-order valence-corrected chi connectivity index (χ4v) is 1.69. The lowest BCUT2D eigenvalue weighted by molar-refractivity contribution is 0.0636. The standard InChI is InChI=1S/C15H22N2O4/c1-15(2,3)21-14(19)17-10-5-6-11(12(18)7-8-16)13(9-10)20-4/h5-6,9H,7-8,16H2,1-4H3,(H,17,19). The topological polar surface area (TPSA) is 90.6 Å². The van der Waals surface area contributed by atoms with Crippen molar-refractivity contribution in [3.63, 3.8) is 0 Å². The molecular weight excluding hydrogens is 272 g/mol. The molecule has 0 radical (unpaired) electrons. The van der Waals surface area contributed by atoms with E-state index in [2.05, 4.69) is 5.32 Å². The number of carbonyl (C=O) groups excluding carboxylic acids is 2. The molecule has 1 aromatic carbocycles. The van der Waals surface area contributed by atoms with Crippen molar-refractivity contribution in [2.24, 2.45) is 5.73 Å². The molecule has 0 saturated heterocycles. The summed E-state index contributed by atoms with van der Waals surface area (Å²) in [5, 5.41) is 2.59. The Morgan fingerprint density at radius 2 is 1.95 bits per heavy atom. The number of carbonyl (C=O) groups is 2. The second-order valence-electron chi connectivity index (χ2n) is 5.50. The maximum Gasteiger partial charge on any atom is 0.412 e. The van der Waals surface area contributed by atoms with Crippen LogP contribution in [0.2, 0.25) is 0 Å². The van der Waals surface area contributed by atoms with Gasteiger partial charge < -0.3 is 15.2 Å². The van der Waals surface area contributed by atoms with E-state index in [4.69, 9.17) is 15.2 Å². The number of methoxy groups -OCH3 is 1. The predicted octanol–water partition coefficient (Wildman–Crippen LogP) is 2.57. The Hall–Kier alpha value is -2.08. The first kappa shape index (κ1) is 17.0. The van der Waals surface area contributed by atoms with Crippen LogP contribution in [0, 0.1) is 0 Å². The summed E-state index contributed by atoms with van der Waals surface area (Å²) in [6, 6.07) is 4.80. The number of nitrogens with one attached hydrogen (secondary N) is 1. The third kappa shape index (κ3) is 5.43. The van der Waals surface area contributed by atoms with Gasteiger partial charge in [0.05, 0.1) is 12.7 Å². The van der Waals surface area contributed by atoms with Crippen LogP contribution in [-0.2, 0) is 4.74 Å². The highest BCUT2D eigenvalue weighted by molar-refractivity contribution is 5.99. The molecule has 1 amide bonds. The molecule has 0 bridgehead atoms. The lowest BCUT2D eigenvalue weighted by Gasteiger charge is -2.20. The Kier molecular flexibility index (Phi) is 5.72. The van der Waals surface area contributed by atoms with Crippen molar-refractivity contribution in [3.05, 3.63) is 23.8 Å². The van der Waals surface area contributed by atoms with E-state index in [-0.39, 0.29) is 18.7 Å². The van der Waals surface area contributed by atoms with E-state index in [1.54, 1.807) is 39.0 Å². The van der Waals surface area contributed by atoms with Crippen molar-refractivity contribution in [2.75, 3.05) is 19.0 Å². The van der Waals surface area contributed by atoms with E-state index in [9.17, 15) is 9.59 Å². The van der Waals surface area contributed by atoms with Gasteiger partial charge in [0.25, 0.3) is 0 Å². The monoisotopic (exact) mass is 294 g/mol. The molecule has 21 heavy (non-hydrogen) atoms. The average Bonchev–Trinajstić information content (AvgIpc) is 2.36. The number of nitrogens with two attached hydrogens (primary N) is 1. The number of Topliss-reactive ketones (excluding diaryl/α,β-unsaturated/α-hetero) is 1. The van der Waals surface area contributed by atoms with Gasteiger partial charge in [-0.15, -0.1) is 0 Å². The zero-order valence-electron chi connectivity index (χ0n) is 12.9. The van der Waals surface area contributed by atoms with Crippen molar-refractivity contribution in [2.45, 2.75) is 32.8 Å². The lowest BCUT2D eigenvalue weighted by atomic mass is 10.1. The fourth-order valence-electron chi connectivity index (χ4n) is 1.69. The fraction of sp³-hybridized carbons (Fsp3) is 0.467. The van der Waals surface area contributed by atoms with Gasteiger partial charge in [0.2, 0.25) is 0 Å². The van der Waals surface area contributed by atoms with Gasteiger partial charge in [-0.05, 0) is 39.4 Å². The molecule has 1 rings (SSSR count). The van der Waals surface area contributed by atoms with Crippen molar-refractivity contribution in [1.29, 1.82) is 0 Å². The van der Waals surface area contributed by atoms with Crippen LogP contribution in [0.5, 0.6) is 5.75 Å². The SMILES string of the molecule is COc1cc(NC(=O)OC(C)(C)C)ccc1C(=O)CCN. The molecule has 116 valence electrons. The average molecular weight is 294 g/mol. The Balaban J connectivity index is 2.87. The highest BCUT2D eigenvalue weighted by Gasteiger charge is 2.17. The summed E-state index contributed by atoms with van der Waals surface area (Å²) in [7, 11) is 1.46. The summed E-state index contributed by atoms with van der Waals surface area (Å²) < 4.78 is 10.3. The van der Waals surface area contributed by atoms with Crippen LogP contribution in [0.1, 0.15) is 37.6 Å². The second kappa shape index (κ2) is 7.08. The van der Waals surface area contributed by atoms with E-state index in [1.165, 1.54) is 7.11 Å². The second-order valence-corrected chi connectivity index (χ2v) is 5.50. The van der Waals surface area contributed by atoms with Crippen molar-refractivity contribution < 1.29 is 19.1 Å². The largest absolute Gasteiger partial charge is 0.496 e. The number of hydrogen-bond acceptors (Lipinski definition) is 5. The minimum atomic E-state index is -0.578. The molecule has 0 saturated carbocycles. The molecule has 6 heteroatoms. The minimum Gasteiger partial charge on any atom is -0.496 e. The molecule has 0 unspecified atom stereocenters. The van der Waals surface area contributed by atoms with Crippen LogP contribution in [0.15, 0.2) is 18.2 Å². The zero-order chi connectivity index (χ0) is 16.0. The van der Waals surface area contributed by atoms with Gasteiger partial charge in [-0.1, -0.05) is 0 Å². The van der Waals surface area contributed by atoms with Crippen LogP contribution in [0.25, 0.3) is 0 Å². The smallest absolute Gasteiger partial charge is 0.412 e. The number of ether oxygens (including phenoxy) is 2. The molecule has 0 atom stereocenters. The van der Waals surface area contributed by atoms with Crippen molar-refractivity contribution >= 4 is 17.6 Å². The van der Waals surface area contributed by atoms with Gasteiger partial charge in [-0.3, -0.25) is 10.1 Å². The van der Waals surface area contributed by atoms with E-state index in [1.807, 2.05) is 0 Å². The predicted molar refractivity (Wildman–Crippen MR) is 80.9 cm³/mol. The molecule has 3 N–H and O–H groups in total. The van der Waals surface area contributed by atoms with Crippen molar-refractivity contribution in [3.8, 4) is 5.75 Å². The van der Waals surface area contributed by atoms with Gasteiger partial charge in [0.1, 0.15) is 11.4 Å². The van der Waals surface area contributed by atoms with Gasteiger partial charge in [0.15, 0.2) is 5.78 Å². The Labute approximate surface area is 124 Å². The number of anilines is 1. The number of ketones is 1. The molecular formula is C15H22N2O4. The van der Waals surface area contributed by atoms with Crippen LogP contribution in [0.4, 0.5) is 10.5 Å². The number of amides is 1. The summed E-state index contributed by atoms with van der Waals surface area (Å²) in [6.45, 7) is 5.62. The first-order chi connectivity index (χ1) is 9.76. The highest BCUT2D eigenvalue weighted by atomic mass is 16.6. The number of hydrogen-bond donors (Lipinski definition) is 2. The molecule has 0 heterocycles. The van der Waals surface area contributed by atoms with Gasteiger partial charge in [-0.25, -0.2) is 4.79 Å². The summed E-state index contributed by atoms with van der Waals surface area (Å²) in [4.78, 5) is 23.6. The van der Waals surface area contributed by atoms with Gasteiger partial charge >= 0.3 is 6.09 Å². The Morgan fingerprint density at radius 1 is 1.29 bits per heavy atom. The molecule has 6 nitrogen and oxygen atoms in total. The Bertz CT molecular complexity index is 521. The highest BCUT2D eigenvalue weighted by Crippen LogP contribution is 2.24. The van der Waals surface area contributed by atoms with Crippen LogP contribution < -0.4 is 15.8 Å². The summed E-state index contributed by atoms with van der Waals surface area (Å²) in [6.07, 6.45) is -0.319. The molecule has 1 aromatic rings. The van der Waals surface area contributed by atoms with Crippen molar-refractivity contribution in [1.82, 2.24) is 0 Å². The number of benzene rings is 1. The van der Waals surface area contributed by atoms with E-state index >= 15 is 0 Å². The summed E-state index contributed by atoms with van der Waals surface area (Å²) in [5.74, 6) is 0.292. The van der Waals surface area contributed by atoms with Crippen LogP contribution in [-0.4, -0.2) is 31.1 Å². The summed E-state index contributed by atoms with van der Waals surface area (Å²) in [5.41, 5.74) is 5.73. The first-order valence-corrected chi connectivity index (χ1v) is 6.68. The lowest BCUT2D eigenvalue weighted by Crippen LogP contribution is -2.27. The molecule has 0 spiro atoms. The van der Waals surface area contributed by atoms with Crippen LogP contribution in [0.3, 0.4) is 0 Å². The normalized spacial score (nSPS) is 10.9. The van der Waals surface area contributed by atoms with E-state index < -0.39 is 11.7 Å². The molecule has 0 aliphatic heterocycles. The maximum absolute atomic E-state index is 11.9. The minimum absolute atomic E-state index is 0.0989. The maximum atomic E-state index is 11.9. The van der Waals surface area contributed by atoms with Crippen LogP contribution >= 0.6 is 0 Å². The van der Waals surface area contributed by atoms with Gasteiger partial charge in [0, 0.05) is 18.2 Å². The molecule has 0 aliphatic rings. The Morgan fingerprint density at radius 3 is 2.48 bits per heavy atom. The molecule has 0 fully saturated rings. The zero-order valence-corrected chi connectivity index (χ0v) is 12.9. The molecule has 0 aromatic heterocycles. The van der Waals surface area contributed by atoms with E-state index in [0.717, 1.165) is 0 Å².